The van der Waals surface area contributed by atoms with Gasteiger partial charge in [-0.25, -0.2) is 0 Å². The number of likely N-dealkylation sites (tertiary alicyclic amines) is 1. The topological polar surface area (TPSA) is 3.24 Å². The molecule has 0 aromatic carbocycles. The highest BCUT2D eigenvalue weighted by Crippen LogP contribution is 2.34. The zero-order valence-corrected chi connectivity index (χ0v) is 8.54. The quantitative estimate of drug-likeness (QED) is 0.589. The first kappa shape index (κ1) is 9.26. The van der Waals surface area contributed by atoms with Crippen LogP contribution in [-0.2, 0) is 0 Å². The van der Waals surface area contributed by atoms with Crippen molar-refractivity contribution < 1.29 is 0 Å². The number of piperidine rings is 1. The third-order valence-electron chi connectivity index (χ3n) is 3.72. The summed E-state index contributed by atoms with van der Waals surface area (Å²) in [5.41, 5.74) is 0. The van der Waals surface area contributed by atoms with Crippen LogP contribution in [0.15, 0.2) is 12.7 Å². The molecule has 0 radical (unpaired) electrons. The van der Waals surface area contributed by atoms with E-state index in [0.717, 1.165) is 18.5 Å². The fourth-order valence-electron chi connectivity index (χ4n) is 3.12. The van der Waals surface area contributed by atoms with E-state index in [1.165, 1.54) is 45.1 Å². The van der Waals surface area contributed by atoms with Gasteiger partial charge in [0.2, 0.25) is 0 Å². The van der Waals surface area contributed by atoms with Crippen molar-refractivity contribution in [1.82, 2.24) is 4.90 Å². The number of fused-ring (bicyclic) bond motifs is 1. The van der Waals surface area contributed by atoms with Gasteiger partial charge in [-0.3, -0.25) is 4.90 Å². The summed E-state index contributed by atoms with van der Waals surface area (Å²) in [6, 6.07) is 0.903. The van der Waals surface area contributed by atoms with Gasteiger partial charge in [0.05, 0.1) is 0 Å². The summed E-state index contributed by atoms with van der Waals surface area (Å²) in [5.74, 6) is 1.02. The average Bonchev–Trinajstić information content (AvgIpc) is 2.19. The van der Waals surface area contributed by atoms with Gasteiger partial charge in [-0.1, -0.05) is 18.9 Å². The van der Waals surface area contributed by atoms with Crippen molar-refractivity contribution in [3.8, 4) is 0 Å². The van der Waals surface area contributed by atoms with Crippen LogP contribution in [0.5, 0.6) is 0 Å². The zero-order chi connectivity index (χ0) is 9.10. The van der Waals surface area contributed by atoms with Crippen LogP contribution in [0, 0.1) is 5.92 Å². The molecule has 2 rings (SSSR count). The fraction of sp³-hybridized carbons (Fsp3) is 0.833. The van der Waals surface area contributed by atoms with Crippen molar-refractivity contribution in [2.75, 3.05) is 13.1 Å². The van der Waals surface area contributed by atoms with Gasteiger partial charge < -0.3 is 0 Å². The summed E-state index contributed by atoms with van der Waals surface area (Å²) < 4.78 is 0. The van der Waals surface area contributed by atoms with Gasteiger partial charge in [-0.15, -0.1) is 6.58 Å². The third-order valence-corrected chi connectivity index (χ3v) is 3.72. The van der Waals surface area contributed by atoms with E-state index in [0.29, 0.717) is 0 Å². The lowest BCUT2D eigenvalue weighted by Gasteiger charge is -2.43. The predicted octanol–water partition coefficient (Wildman–Crippen LogP) is 2.83. The van der Waals surface area contributed by atoms with E-state index in [4.69, 9.17) is 0 Å². The van der Waals surface area contributed by atoms with E-state index in [2.05, 4.69) is 17.6 Å². The van der Waals surface area contributed by atoms with Crippen LogP contribution in [0.1, 0.15) is 38.5 Å². The Balaban J connectivity index is 1.98. The Labute approximate surface area is 81.8 Å². The predicted molar refractivity (Wildman–Crippen MR) is 56.8 cm³/mol. The molecule has 2 fully saturated rings. The van der Waals surface area contributed by atoms with Crippen LogP contribution in [0.25, 0.3) is 0 Å². The first-order valence-corrected chi connectivity index (χ1v) is 5.77. The Morgan fingerprint density at radius 3 is 2.77 bits per heavy atom. The molecule has 1 aliphatic carbocycles. The van der Waals surface area contributed by atoms with Crippen LogP contribution in [0.3, 0.4) is 0 Å². The molecule has 1 heterocycles. The van der Waals surface area contributed by atoms with Crippen molar-refractivity contribution in [2.45, 2.75) is 44.6 Å². The van der Waals surface area contributed by atoms with E-state index < -0.39 is 0 Å². The van der Waals surface area contributed by atoms with E-state index in [1.54, 1.807) is 0 Å². The van der Waals surface area contributed by atoms with Gasteiger partial charge in [-0.2, -0.15) is 0 Å². The summed E-state index contributed by atoms with van der Waals surface area (Å²) in [5, 5.41) is 0. The first-order valence-electron chi connectivity index (χ1n) is 5.77. The molecule has 1 nitrogen and oxygen atoms in total. The highest BCUT2D eigenvalue weighted by atomic mass is 15.2. The maximum Gasteiger partial charge on any atom is 0.0163 e. The van der Waals surface area contributed by atoms with Crippen molar-refractivity contribution in [2.24, 2.45) is 5.92 Å². The average molecular weight is 179 g/mol. The molecule has 1 heteroatoms. The minimum absolute atomic E-state index is 0.903. The van der Waals surface area contributed by atoms with Crippen molar-refractivity contribution in [3.63, 3.8) is 0 Å². The summed E-state index contributed by atoms with van der Waals surface area (Å²) in [4.78, 5) is 2.65. The van der Waals surface area contributed by atoms with Crippen LogP contribution in [0.4, 0.5) is 0 Å². The molecule has 0 bridgehead atoms. The molecule has 0 spiro atoms. The zero-order valence-electron chi connectivity index (χ0n) is 8.54. The van der Waals surface area contributed by atoms with Gasteiger partial charge >= 0.3 is 0 Å². The van der Waals surface area contributed by atoms with Gasteiger partial charge in [-0.05, 0) is 38.1 Å². The molecule has 74 valence electrons. The molecule has 13 heavy (non-hydrogen) atoms. The monoisotopic (exact) mass is 179 g/mol. The third kappa shape index (κ3) is 1.96. The lowest BCUT2D eigenvalue weighted by molar-refractivity contribution is 0.0712. The molecule has 2 aliphatic rings. The molecule has 1 aliphatic heterocycles. The van der Waals surface area contributed by atoms with Crippen LogP contribution in [0.2, 0.25) is 0 Å². The number of nitrogens with zero attached hydrogens (tertiary/aromatic N) is 1. The lowest BCUT2D eigenvalue weighted by Crippen LogP contribution is -2.46. The Hall–Kier alpha value is -0.300. The second kappa shape index (κ2) is 4.28. The Kier molecular flexibility index (Phi) is 3.05. The van der Waals surface area contributed by atoms with Gasteiger partial charge in [0.25, 0.3) is 0 Å². The number of hydrogen-bond acceptors (Lipinski definition) is 1. The molecule has 0 aromatic heterocycles. The van der Waals surface area contributed by atoms with Crippen LogP contribution < -0.4 is 0 Å². The second-order valence-corrected chi connectivity index (χ2v) is 4.54. The van der Waals surface area contributed by atoms with E-state index in [-0.39, 0.29) is 0 Å². The maximum atomic E-state index is 3.85. The highest BCUT2D eigenvalue weighted by molar-refractivity contribution is 4.89. The Morgan fingerprint density at radius 2 is 1.92 bits per heavy atom. The molecular formula is C12H21N. The standard InChI is InChI=1S/C12H21N/c1-2-9-13-10-5-7-11-6-3-4-8-12(11)13/h2,11-12H,1,3-10H2. The van der Waals surface area contributed by atoms with E-state index in [9.17, 15) is 0 Å². The Bertz CT molecular complexity index is 174. The minimum atomic E-state index is 0.903. The van der Waals surface area contributed by atoms with Crippen LogP contribution >= 0.6 is 0 Å². The fourth-order valence-corrected chi connectivity index (χ4v) is 3.12. The molecule has 1 saturated carbocycles. The Morgan fingerprint density at radius 1 is 1.15 bits per heavy atom. The molecule has 1 saturated heterocycles. The summed E-state index contributed by atoms with van der Waals surface area (Å²) in [6.45, 7) is 6.28. The normalized spacial score (nSPS) is 35.4. The smallest absolute Gasteiger partial charge is 0.0163 e. The maximum absolute atomic E-state index is 3.85. The molecule has 2 atom stereocenters. The van der Waals surface area contributed by atoms with Gasteiger partial charge in [0.15, 0.2) is 0 Å². The minimum Gasteiger partial charge on any atom is -0.296 e. The SMILES string of the molecule is C=CCN1CCCC2CCCCC21. The molecule has 2 unspecified atom stereocenters. The lowest BCUT2D eigenvalue weighted by atomic mass is 9.78. The molecule has 0 amide bonds. The summed E-state index contributed by atoms with van der Waals surface area (Å²) in [6.07, 6.45) is 10.8. The van der Waals surface area contributed by atoms with Crippen molar-refractivity contribution in [3.05, 3.63) is 12.7 Å². The van der Waals surface area contributed by atoms with Gasteiger partial charge in [0, 0.05) is 12.6 Å². The summed E-state index contributed by atoms with van der Waals surface area (Å²) in [7, 11) is 0. The number of hydrogen-bond donors (Lipinski definition) is 0. The van der Waals surface area contributed by atoms with Gasteiger partial charge in [0.1, 0.15) is 0 Å². The first-order chi connectivity index (χ1) is 6.42. The highest BCUT2D eigenvalue weighted by Gasteiger charge is 2.32. The van der Waals surface area contributed by atoms with E-state index >= 15 is 0 Å². The molecule has 0 aromatic rings. The van der Waals surface area contributed by atoms with Crippen molar-refractivity contribution >= 4 is 0 Å². The molecule has 0 N–H and O–H groups in total. The second-order valence-electron chi connectivity index (χ2n) is 4.54. The van der Waals surface area contributed by atoms with Crippen molar-refractivity contribution in [1.29, 1.82) is 0 Å². The summed E-state index contributed by atoms with van der Waals surface area (Å²) >= 11 is 0. The number of rotatable bonds is 2. The van der Waals surface area contributed by atoms with E-state index in [1.807, 2.05) is 0 Å². The van der Waals surface area contributed by atoms with Crippen LogP contribution in [-0.4, -0.2) is 24.0 Å². The largest absolute Gasteiger partial charge is 0.296 e. The molecular weight excluding hydrogens is 158 g/mol.